The fraction of sp³-hybridized carbons (Fsp3) is 0.0769. The van der Waals surface area contributed by atoms with Gasteiger partial charge < -0.3 is 11.1 Å². The third kappa shape index (κ3) is 2.50. The maximum atomic E-state index is 13.4. The fourth-order valence-corrected chi connectivity index (χ4v) is 1.65. The second-order valence-electron chi connectivity index (χ2n) is 3.79. The number of nitrogen functional groups attached to an aromatic ring is 1. The van der Waals surface area contributed by atoms with Crippen LogP contribution < -0.4 is 11.1 Å². The largest absolute Gasteiger partial charge is 0.396 e. The van der Waals surface area contributed by atoms with Crippen LogP contribution >= 0.6 is 11.6 Å². The first-order valence-corrected chi connectivity index (χ1v) is 5.53. The molecule has 0 fully saturated rings. The van der Waals surface area contributed by atoms with Gasteiger partial charge in [0.05, 0.1) is 16.4 Å². The highest BCUT2D eigenvalue weighted by atomic mass is 35.5. The van der Waals surface area contributed by atoms with Crippen molar-refractivity contribution in [3.05, 3.63) is 52.8 Å². The number of halogens is 2. The fourth-order valence-electron chi connectivity index (χ4n) is 1.47. The Hall–Kier alpha value is -1.74. The average Bonchev–Trinajstić information content (AvgIpc) is 2.30. The molecule has 88 valence electrons. The van der Waals surface area contributed by atoms with Crippen LogP contribution in [-0.4, -0.2) is 0 Å². The third-order valence-corrected chi connectivity index (χ3v) is 2.83. The van der Waals surface area contributed by atoms with Gasteiger partial charge in [0, 0.05) is 5.69 Å². The number of rotatable bonds is 2. The summed E-state index contributed by atoms with van der Waals surface area (Å²) in [5, 5.41) is 3.51. The van der Waals surface area contributed by atoms with Gasteiger partial charge >= 0.3 is 0 Å². The summed E-state index contributed by atoms with van der Waals surface area (Å²) in [6, 6.07) is 10.2. The van der Waals surface area contributed by atoms with Crippen LogP contribution in [-0.2, 0) is 0 Å². The molecular weight excluding hydrogens is 239 g/mol. The molecule has 0 spiro atoms. The molecule has 2 aromatic rings. The Morgan fingerprint density at radius 3 is 2.71 bits per heavy atom. The highest BCUT2D eigenvalue weighted by molar-refractivity contribution is 6.33. The lowest BCUT2D eigenvalue weighted by molar-refractivity contribution is 0.619. The quantitative estimate of drug-likeness (QED) is 0.787. The summed E-state index contributed by atoms with van der Waals surface area (Å²) in [6.45, 7) is 1.72. The number of hydrogen-bond donors (Lipinski definition) is 2. The molecule has 0 aliphatic rings. The van der Waals surface area contributed by atoms with Crippen LogP contribution in [0.4, 0.5) is 21.5 Å². The van der Waals surface area contributed by atoms with E-state index in [1.54, 1.807) is 37.3 Å². The van der Waals surface area contributed by atoms with E-state index in [0.29, 0.717) is 27.6 Å². The Morgan fingerprint density at radius 1 is 1.24 bits per heavy atom. The molecular formula is C13H12ClFN2. The predicted octanol–water partition coefficient (Wildman–Crippen LogP) is 4.11. The monoisotopic (exact) mass is 250 g/mol. The first kappa shape index (κ1) is 11.7. The molecule has 0 unspecified atom stereocenters. The first-order chi connectivity index (χ1) is 8.08. The van der Waals surface area contributed by atoms with E-state index >= 15 is 0 Å². The van der Waals surface area contributed by atoms with Crippen molar-refractivity contribution in [3.8, 4) is 0 Å². The first-order valence-electron chi connectivity index (χ1n) is 5.15. The number of hydrogen-bond acceptors (Lipinski definition) is 2. The summed E-state index contributed by atoms with van der Waals surface area (Å²) >= 11 is 5.90. The van der Waals surface area contributed by atoms with Crippen LogP contribution in [0, 0.1) is 12.7 Å². The van der Waals surface area contributed by atoms with Gasteiger partial charge in [-0.1, -0.05) is 23.7 Å². The van der Waals surface area contributed by atoms with E-state index in [4.69, 9.17) is 17.3 Å². The second kappa shape index (κ2) is 4.63. The van der Waals surface area contributed by atoms with Gasteiger partial charge in [0.1, 0.15) is 5.82 Å². The van der Waals surface area contributed by atoms with E-state index in [1.807, 2.05) is 0 Å². The molecule has 2 nitrogen and oxygen atoms in total. The minimum Gasteiger partial charge on any atom is -0.396 e. The van der Waals surface area contributed by atoms with Gasteiger partial charge in [-0.25, -0.2) is 4.39 Å². The number of nitrogens with two attached hydrogens (primary N) is 1. The summed E-state index contributed by atoms with van der Waals surface area (Å²) in [4.78, 5) is 0. The smallest absolute Gasteiger partial charge is 0.128 e. The lowest BCUT2D eigenvalue weighted by atomic mass is 10.2. The van der Waals surface area contributed by atoms with Gasteiger partial charge in [-0.05, 0) is 36.8 Å². The minimum absolute atomic E-state index is 0.254. The SMILES string of the molecule is Cc1ccc(Nc2cccc(Cl)c2N)cc1F. The molecule has 0 radical (unpaired) electrons. The standard InChI is InChI=1S/C13H12ClFN2/c1-8-5-6-9(7-11(8)15)17-12-4-2-3-10(14)13(12)16/h2-7,17H,16H2,1H3. The van der Waals surface area contributed by atoms with Gasteiger partial charge in [0.2, 0.25) is 0 Å². The molecule has 2 rings (SSSR count). The van der Waals surface area contributed by atoms with Crippen LogP contribution in [0.15, 0.2) is 36.4 Å². The van der Waals surface area contributed by atoms with E-state index in [2.05, 4.69) is 5.32 Å². The molecule has 3 N–H and O–H groups in total. The van der Waals surface area contributed by atoms with Gasteiger partial charge in [0.15, 0.2) is 0 Å². The van der Waals surface area contributed by atoms with Gasteiger partial charge in [-0.2, -0.15) is 0 Å². The molecule has 0 saturated heterocycles. The Kier molecular flexibility index (Phi) is 3.20. The summed E-state index contributed by atoms with van der Waals surface area (Å²) < 4.78 is 13.4. The maximum Gasteiger partial charge on any atom is 0.128 e. The van der Waals surface area contributed by atoms with Crippen molar-refractivity contribution in [1.82, 2.24) is 0 Å². The number of benzene rings is 2. The summed E-state index contributed by atoms with van der Waals surface area (Å²) in [6.07, 6.45) is 0. The Morgan fingerprint density at radius 2 is 2.00 bits per heavy atom. The average molecular weight is 251 g/mol. The zero-order valence-corrected chi connectivity index (χ0v) is 10.1. The molecule has 0 aliphatic carbocycles. The highest BCUT2D eigenvalue weighted by Crippen LogP contribution is 2.29. The van der Waals surface area contributed by atoms with Crippen LogP contribution in [0.25, 0.3) is 0 Å². The van der Waals surface area contributed by atoms with Crippen molar-refractivity contribution in [2.75, 3.05) is 11.1 Å². The number of aryl methyl sites for hydroxylation is 1. The van der Waals surface area contributed by atoms with E-state index in [1.165, 1.54) is 6.07 Å². The number of anilines is 3. The van der Waals surface area contributed by atoms with Crippen LogP contribution in [0.1, 0.15) is 5.56 Å². The van der Waals surface area contributed by atoms with Crippen molar-refractivity contribution in [1.29, 1.82) is 0 Å². The summed E-state index contributed by atoms with van der Waals surface area (Å²) in [5.74, 6) is -0.254. The highest BCUT2D eigenvalue weighted by Gasteiger charge is 2.04. The molecule has 0 bridgehead atoms. The lowest BCUT2D eigenvalue weighted by Crippen LogP contribution is -1.97. The normalized spacial score (nSPS) is 10.3. The van der Waals surface area contributed by atoms with E-state index in [9.17, 15) is 4.39 Å². The van der Waals surface area contributed by atoms with Crippen molar-refractivity contribution in [2.24, 2.45) is 0 Å². The van der Waals surface area contributed by atoms with E-state index in [-0.39, 0.29) is 5.82 Å². The zero-order valence-electron chi connectivity index (χ0n) is 9.30. The van der Waals surface area contributed by atoms with Gasteiger partial charge in [-0.3, -0.25) is 0 Å². The molecule has 0 aliphatic heterocycles. The van der Waals surface area contributed by atoms with Crippen LogP contribution in [0.5, 0.6) is 0 Å². The zero-order chi connectivity index (χ0) is 12.4. The molecule has 0 amide bonds. The molecule has 0 heterocycles. The predicted molar refractivity (Wildman–Crippen MR) is 70.3 cm³/mol. The number of para-hydroxylation sites is 1. The number of nitrogens with one attached hydrogen (secondary N) is 1. The van der Waals surface area contributed by atoms with Gasteiger partial charge in [0.25, 0.3) is 0 Å². The Balaban J connectivity index is 2.31. The van der Waals surface area contributed by atoms with Gasteiger partial charge in [-0.15, -0.1) is 0 Å². The second-order valence-corrected chi connectivity index (χ2v) is 4.20. The molecule has 2 aromatic carbocycles. The molecule has 0 saturated carbocycles. The summed E-state index contributed by atoms with van der Waals surface area (Å²) in [5.41, 5.74) is 8.18. The van der Waals surface area contributed by atoms with Crippen molar-refractivity contribution < 1.29 is 4.39 Å². The van der Waals surface area contributed by atoms with Crippen molar-refractivity contribution >= 4 is 28.7 Å². The topological polar surface area (TPSA) is 38.0 Å². The summed E-state index contributed by atoms with van der Waals surface area (Å²) in [7, 11) is 0. The lowest BCUT2D eigenvalue weighted by Gasteiger charge is -2.10. The Labute approximate surface area is 104 Å². The van der Waals surface area contributed by atoms with E-state index in [0.717, 1.165) is 0 Å². The molecule has 0 atom stereocenters. The van der Waals surface area contributed by atoms with Crippen molar-refractivity contribution in [3.63, 3.8) is 0 Å². The third-order valence-electron chi connectivity index (χ3n) is 2.50. The van der Waals surface area contributed by atoms with Crippen LogP contribution in [0.2, 0.25) is 5.02 Å². The Bertz CT molecular complexity index is 555. The van der Waals surface area contributed by atoms with E-state index < -0.39 is 0 Å². The maximum absolute atomic E-state index is 13.4. The molecule has 4 heteroatoms. The van der Waals surface area contributed by atoms with Crippen LogP contribution in [0.3, 0.4) is 0 Å². The molecule has 0 aromatic heterocycles. The molecule has 17 heavy (non-hydrogen) atoms. The van der Waals surface area contributed by atoms with Crippen molar-refractivity contribution in [2.45, 2.75) is 6.92 Å². The minimum atomic E-state index is -0.254.